The number of aromatic nitrogens is 2. The standard InChI is InChI=1S/C25H28N4O4/c1-18-8-5-6-12-21(18)24-27-22(33-28-24)14-20-11-7-13-29(16-20)23(30)15-26-25(31)32-17-19-9-3-2-4-10-19/h2-6,8-10,12,20H,7,11,13-17H2,1H3,(H,26,31)/t20-/m1/s1. The van der Waals surface area contributed by atoms with E-state index in [9.17, 15) is 9.59 Å². The van der Waals surface area contributed by atoms with E-state index in [2.05, 4.69) is 15.5 Å². The van der Waals surface area contributed by atoms with Crippen LogP contribution >= 0.6 is 0 Å². The van der Waals surface area contributed by atoms with Crippen molar-refractivity contribution in [3.05, 3.63) is 71.6 Å². The Balaban J connectivity index is 1.24. The number of rotatable bonds is 7. The van der Waals surface area contributed by atoms with Gasteiger partial charge in [-0.15, -0.1) is 0 Å². The van der Waals surface area contributed by atoms with E-state index in [0.717, 1.165) is 29.5 Å². The minimum absolute atomic E-state index is 0.0850. The van der Waals surface area contributed by atoms with Gasteiger partial charge in [0.1, 0.15) is 13.2 Å². The lowest BCUT2D eigenvalue weighted by Crippen LogP contribution is -2.45. The summed E-state index contributed by atoms with van der Waals surface area (Å²) in [5.41, 5.74) is 2.94. The van der Waals surface area contributed by atoms with Crippen molar-refractivity contribution < 1.29 is 18.8 Å². The fraction of sp³-hybridized carbons (Fsp3) is 0.360. The number of nitrogens with zero attached hydrogens (tertiary/aromatic N) is 3. The van der Waals surface area contributed by atoms with Gasteiger partial charge in [0.15, 0.2) is 0 Å². The first-order valence-corrected chi connectivity index (χ1v) is 11.2. The third-order valence-corrected chi connectivity index (χ3v) is 5.79. The number of aryl methyl sites for hydroxylation is 1. The Morgan fingerprint density at radius 2 is 1.94 bits per heavy atom. The van der Waals surface area contributed by atoms with Gasteiger partial charge in [0.05, 0.1) is 0 Å². The molecular formula is C25H28N4O4. The van der Waals surface area contributed by atoms with Gasteiger partial charge in [-0.1, -0.05) is 59.8 Å². The van der Waals surface area contributed by atoms with Crippen molar-refractivity contribution in [1.29, 1.82) is 0 Å². The van der Waals surface area contributed by atoms with E-state index in [1.807, 2.05) is 61.5 Å². The Labute approximate surface area is 192 Å². The second kappa shape index (κ2) is 10.8. The average molecular weight is 449 g/mol. The Kier molecular flexibility index (Phi) is 7.34. The molecule has 1 aliphatic rings. The van der Waals surface area contributed by atoms with Gasteiger partial charge in [-0.25, -0.2) is 4.79 Å². The molecule has 0 spiro atoms. The summed E-state index contributed by atoms with van der Waals surface area (Å²) in [6.07, 6.45) is 1.90. The van der Waals surface area contributed by atoms with Crippen LogP contribution in [0.15, 0.2) is 59.1 Å². The summed E-state index contributed by atoms with van der Waals surface area (Å²) in [6, 6.07) is 17.3. The monoisotopic (exact) mass is 448 g/mol. The molecule has 0 radical (unpaired) electrons. The van der Waals surface area contributed by atoms with Crippen LogP contribution in [-0.4, -0.2) is 46.7 Å². The molecule has 0 saturated carbocycles. The number of amides is 2. The minimum atomic E-state index is -0.602. The molecule has 4 rings (SSSR count). The maximum Gasteiger partial charge on any atom is 0.407 e. The van der Waals surface area contributed by atoms with Crippen LogP contribution in [0, 0.1) is 12.8 Å². The highest BCUT2D eigenvalue weighted by molar-refractivity contribution is 5.82. The molecule has 1 fully saturated rings. The maximum absolute atomic E-state index is 12.6. The second-order valence-electron chi connectivity index (χ2n) is 8.29. The molecule has 0 unspecified atom stereocenters. The number of benzene rings is 2. The van der Waals surface area contributed by atoms with Gasteiger partial charge in [0, 0.05) is 25.1 Å². The molecule has 1 atom stereocenters. The number of hydrogen-bond donors (Lipinski definition) is 1. The smallest absolute Gasteiger partial charge is 0.407 e. The van der Waals surface area contributed by atoms with Gasteiger partial charge in [-0.3, -0.25) is 4.79 Å². The third-order valence-electron chi connectivity index (χ3n) is 5.79. The first-order valence-electron chi connectivity index (χ1n) is 11.2. The molecular weight excluding hydrogens is 420 g/mol. The summed E-state index contributed by atoms with van der Waals surface area (Å²) in [6.45, 7) is 3.37. The molecule has 2 amide bonds. The summed E-state index contributed by atoms with van der Waals surface area (Å²) in [4.78, 5) is 30.9. The van der Waals surface area contributed by atoms with Crippen molar-refractivity contribution in [1.82, 2.24) is 20.4 Å². The summed E-state index contributed by atoms with van der Waals surface area (Å²) in [5, 5.41) is 6.68. The van der Waals surface area contributed by atoms with Crippen LogP contribution in [0.25, 0.3) is 11.4 Å². The number of nitrogens with one attached hydrogen (secondary N) is 1. The Hall–Kier alpha value is -3.68. The van der Waals surface area contributed by atoms with Crippen molar-refractivity contribution in [3.63, 3.8) is 0 Å². The van der Waals surface area contributed by atoms with Crippen LogP contribution < -0.4 is 5.32 Å². The minimum Gasteiger partial charge on any atom is -0.445 e. The molecule has 2 heterocycles. The maximum atomic E-state index is 12.6. The number of carbonyl (C=O) groups is 2. The van der Waals surface area contributed by atoms with Crippen molar-refractivity contribution >= 4 is 12.0 Å². The van der Waals surface area contributed by atoms with Crippen LogP contribution in [0.1, 0.15) is 29.9 Å². The van der Waals surface area contributed by atoms with Gasteiger partial charge in [-0.2, -0.15) is 4.98 Å². The van der Waals surface area contributed by atoms with E-state index < -0.39 is 6.09 Å². The number of hydrogen-bond acceptors (Lipinski definition) is 6. The van der Waals surface area contributed by atoms with Gasteiger partial charge in [0.2, 0.25) is 17.6 Å². The Morgan fingerprint density at radius 1 is 1.15 bits per heavy atom. The quantitative estimate of drug-likeness (QED) is 0.591. The van der Waals surface area contributed by atoms with Gasteiger partial charge in [0.25, 0.3) is 0 Å². The van der Waals surface area contributed by atoms with Crippen molar-refractivity contribution in [2.24, 2.45) is 5.92 Å². The molecule has 0 bridgehead atoms. The molecule has 8 nitrogen and oxygen atoms in total. The number of likely N-dealkylation sites (tertiary alicyclic amines) is 1. The molecule has 1 aromatic heterocycles. The second-order valence-corrected chi connectivity index (χ2v) is 8.29. The number of carbonyl (C=O) groups excluding carboxylic acids is 2. The topological polar surface area (TPSA) is 97.6 Å². The zero-order valence-corrected chi connectivity index (χ0v) is 18.7. The fourth-order valence-electron chi connectivity index (χ4n) is 4.01. The summed E-state index contributed by atoms with van der Waals surface area (Å²) in [7, 11) is 0. The van der Waals surface area contributed by atoms with Crippen LogP contribution in [-0.2, 0) is 22.6 Å². The Bertz CT molecular complexity index is 1080. The van der Waals surface area contributed by atoms with Crippen LogP contribution in [0.3, 0.4) is 0 Å². The molecule has 172 valence electrons. The highest BCUT2D eigenvalue weighted by Crippen LogP contribution is 2.23. The highest BCUT2D eigenvalue weighted by Gasteiger charge is 2.26. The van der Waals surface area contributed by atoms with Crippen LogP contribution in [0.5, 0.6) is 0 Å². The highest BCUT2D eigenvalue weighted by atomic mass is 16.5. The van der Waals surface area contributed by atoms with Crippen LogP contribution in [0.2, 0.25) is 0 Å². The lowest BCUT2D eigenvalue weighted by molar-refractivity contribution is -0.132. The molecule has 1 aliphatic heterocycles. The predicted molar refractivity (Wildman–Crippen MR) is 122 cm³/mol. The first kappa shape index (κ1) is 22.5. The zero-order valence-electron chi connectivity index (χ0n) is 18.7. The SMILES string of the molecule is Cc1ccccc1-c1noc(C[C@H]2CCCN(C(=O)CNC(=O)OCc3ccccc3)C2)n1. The van der Waals surface area contributed by atoms with E-state index in [1.165, 1.54) is 0 Å². The molecule has 33 heavy (non-hydrogen) atoms. The van der Waals surface area contributed by atoms with Gasteiger partial charge in [-0.05, 0) is 36.8 Å². The lowest BCUT2D eigenvalue weighted by Gasteiger charge is -2.32. The molecule has 2 aromatic carbocycles. The Morgan fingerprint density at radius 3 is 2.76 bits per heavy atom. The molecule has 1 saturated heterocycles. The van der Waals surface area contributed by atoms with E-state index in [-0.39, 0.29) is 25.0 Å². The number of piperidine rings is 1. The fourth-order valence-corrected chi connectivity index (χ4v) is 4.01. The average Bonchev–Trinajstić information content (AvgIpc) is 3.30. The van der Waals surface area contributed by atoms with Gasteiger partial charge < -0.3 is 19.5 Å². The van der Waals surface area contributed by atoms with Crippen molar-refractivity contribution in [3.8, 4) is 11.4 Å². The van der Waals surface area contributed by atoms with Crippen LogP contribution in [0.4, 0.5) is 4.79 Å². The van der Waals surface area contributed by atoms with E-state index in [1.54, 1.807) is 4.90 Å². The van der Waals surface area contributed by atoms with E-state index in [4.69, 9.17) is 9.26 Å². The molecule has 1 N–H and O–H groups in total. The summed E-state index contributed by atoms with van der Waals surface area (Å²) in [5.74, 6) is 1.28. The van der Waals surface area contributed by atoms with Crippen molar-refractivity contribution in [2.45, 2.75) is 32.8 Å². The first-order chi connectivity index (χ1) is 16.1. The number of ether oxygens (including phenoxy) is 1. The van der Waals surface area contributed by atoms with E-state index >= 15 is 0 Å². The van der Waals surface area contributed by atoms with Crippen molar-refractivity contribution in [2.75, 3.05) is 19.6 Å². The third kappa shape index (κ3) is 6.19. The lowest BCUT2D eigenvalue weighted by atomic mass is 9.94. The largest absolute Gasteiger partial charge is 0.445 e. The molecule has 3 aromatic rings. The predicted octanol–water partition coefficient (Wildman–Crippen LogP) is 3.75. The van der Waals surface area contributed by atoms with Gasteiger partial charge >= 0.3 is 6.09 Å². The molecule has 8 heteroatoms. The summed E-state index contributed by atoms with van der Waals surface area (Å²) >= 11 is 0. The zero-order chi connectivity index (χ0) is 23.0. The van der Waals surface area contributed by atoms with E-state index in [0.29, 0.717) is 31.2 Å². The molecule has 0 aliphatic carbocycles. The normalized spacial score (nSPS) is 15.8. The summed E-state index contributed by atoms with van der Waals surface area (Å²) < 4.78 is 10.6. The number of alkyl carbamates (subject to hydrolysis) is 1.